The van der Waals surface area contributed by atoms with Gasteiger partial charge in [-0.15, -0.1) is 0 Å². The van der Waals surface area contributed by atoms with Gasteiger partial charge in [-0.1, -0.05) is 60.1 Å². The van der Waals surface area contributed by atoms with Crippen LogP contribution in [0.2, 0.25) is 5.02 Å². The second-order valence-electron chi connectivity index (χ2n) is 4.78. The topological polar surface area (TPSA) is 41.5 Å². The van der Waals surface area contributed by atoms with Crippen molar-refractivity contribution in [3.8, 4) is 0 Å². The van der Waals surface area contributed by atoms with E-state index in [1.807, 2.05) is 48.5 Å². The Hall–Kier alpha value is -2.65. The van der Waals surface area contributed by atoms with Crippen molar-refractivity contribution >= 4 is 34.5 Å². The minimum Gasteiger partial charge on any atom is -0.267 e. The van der Waals surface area contributed by atoms with E-state index >= 15 is 0 Å². The lowest BCUT2D eigenvalue weighted by Crippen LogP contribution is -2.17. The van der Waals surface area contributed by atoms with E-state index in [1.54, 1.807) is 24.4 Å². The van der Waals surface area contributed by atoms with Gasteiger partial charge in [-0.25, -0.2) is 5.43 Å². The molecule has 0 saturated carbocycles. The predicted molar refractivity (Wildman–Crippen MR) is 90.5 cm³/mol. The molecule has 0 radical (unpaired) electrons. The third kappa shape index (κ3) is 3.15. The molecule has 0 bridgehead atoms. The van der Waals surface area contributed by atoms with Gasteiger partial charge in [0.15, 0.2) is 0 Å². The maximum Gasteiger partial charge on any atom is 0.271 e. The van der Waals surface area contributed by atoms with Crippen LogP contribution in [0.25, 0.3) is 10.8 Å². The Kier molecular flexibility index (Phi) is 4.17. The third-order valence-corrected chi connectivity index (χ3v) is 3.54. The Morgan fingerprint density at radius 2 is 1.68 bits per heavy atom. The second kappa shape index (κ2) is 6.41. The van der Waals surface area contributed by atoms with E-state index in [2.05, 4.69) is 10.5 Å². The van der Waals surface area contributed by atoms with Crippen LogP contribution in [0.15, 0.2) is 71.8 Å². The Morgan fingerprint density at radius 3 is 2.50 bits per heavy atom. The average Bonchev–Trinajstić information content (AvgIpc) is 2.56. The highest BCUT2D eigenvalue weighted by Gasteiger charge is 2.08. The number of fused-ring (bicyclic) bond motifs is 1. The summed E-state index contributed by atoms with van der Waals surface area (Å²) in [6.07, 6.45) is 1.58. The molecule has 0 unspecified atom stereocenters. The van der Waals surface area contributed by atoms with Gasteiger partial charge in [0.05, 0.1) is 6.21 Å². The molecule has 0 spiro atoms. The molecule has 3 nitrogen and oxygen atoms in total. The number of hydrogen-bond acceptors (Lipinski definition) is 2. The molecular weight excluding hydrogens is 296 g/mol. The standard InChI is InChI=1S/C18H13ClN2O/c19-15-10-8-13(9-11-15)12-20-21-18(22)17-7-3-5-14-4-1-2-6-16(14)17/h1-12H,(H,21,22)/b20-12-. The molecular formula is C18H13ClN2O. The summed E-state index contributed by atoms with van der Waals surface area (Å²) in [5.41, 5.74) is 4.02. The van der Waals surface area contributed by atoms with Crippen molar-refractivity contribution in [2.75, 3.05) is 0 Å². The van der Waals surface area contributed by atoms with Crippen LogP contribution in [0.3, 0.4) is 0 Å². The van der Waals surface area contributed by atoms with Crippen molar-refractivity contribution in [1.82, 2.24) is 5.43 Å². The first-order valence-electron chi connectivity index (χ1n) is 6.81. The summed E-state index contributed by atoms with van der Waals surface area (Å²) >= 11 is 5.82. The zero-order chi connectivity index (χ0) is 15.4. The third-order valence-electron chi connectivity index (χ3n) is 3.28. The average molecular weight is 309 g/mol. The highest BCUT2D eigenvalue weighted by atomic mass is 35.5. The Labute approximate surface area is 133 Å². The van der Waals surface area contributed by atoms with Gasteiger partial charge >= 0.3 is 0 Å². The molecule has 108 valence electrons. The summed E-state index contributed by atoms with van der Waals surface area (Å²) in [5.74, 6) is -0.234. The van der Waals surface area contributed by atoms with Gasteiger partial charge in [-0.3, -0.25) is 4.79 Å². The van der Waals surface area contributed by atoms with Crippen molar-refractivity contribution < 1.29 is 4.79 Å². The van der Waals surface area contributed by atoms with Crippen LogP contribution in [-0.2, 0) is 0 Å². The molecule has 0 fully saturated rings. The van der Waals surface area contributed by atoms with Crippen molar-refractivity contribution in [2.45, 2.75) is 0 Å². The van der Waals surface area contributed by atoms with Crippen LogP contribution < -0.4 is 5.43 Å². The summed E-state index contributed by atoms with van der Waals surface area (Å²) in [6.45, 7) is 0. The van der Waals surface area contributed by atoms with Crippen molar-refractivity contribution in [2.24, 2.45) is 5.10 Å². The molecule has 0 aromatic heterocycles. The highest BCUT2D eigenvalue weighted by molar-refractivity contribution is 6.30. The normalized spacial score (nSPS) is 11.0. The Balaban J connectivity index is 1.77. The molecule has 3 aromatic rings. The number of amides is 1. The second-order valence-corrected chi connectivity index (χ2v) is 5.21. The van der Waals surface area contributed by atoms with Gasteiger partial charge in [0, 0.05) is 10.6 Å². The molecule has 0 aliphatic rings. The molecule has 1 amide bonds. The van der Waals surface area contributed by atoms with Crippen LogP contribution in [0.5, 0.6) is 0 Å². The van der Waals surface area contributed by atoms with E-state index in [9.17, 15) is 4.79 Å². The molecule has 0 aliphatic carbocycles. The summed E-state index contributed by atoms with van der Waals surface area (Å²) in [6, 6.07) is 20.6. The number of hydrogen-bond donors (Lipinski definition) is 1. The molecule has 0 heterocycles. The van der Waals surface area contributed by atoms with E-state index in [-0.39, 0.29) is 5.91 Å². The maximum atomic E-state index is 12.3. The number of hydrazone groups is 1. The van der Waals surface area contributed by atoms with Gasteiger partial charge < -0.3 is 0 Å². The van der Waals surface area contributed by atoms with Gasteiger partial charge in [0.25, 0.3) is 5.91 Å². The molecule has 22 heavy (non-hydrogen) atoms. The summed E-state index contributed by atoms with van der Waals surface area (Å²) < 4.78 is 0. The largest absolute Gasteiger partial charge is 0.271 e. The minimum atomic E-state index is -0.234. The summed E-state index contributed by atoms with van der Waals surface area (Å²) in [5, 5.41) is 6.58. The predicted octanol–water partition coefficient (Wildman–Crippen LogP) is 4.26. The van der Waals surface area contributed by atoms with E-state index in [0.29, 0.717) is 10.6 Å². The number of nitrogens with zero attached hydrogens (tertiary/aromatic N) is 1. The maximum absolute atomic E-state index is 12.3. The molecule has 0 aliphatic heterocycles. The monoisotopic (exact) mass is 308 g/mol. The van der Waals surface area contributed by atoms with Crippen molar-refractivity contribution in [1.29, 1.82) is 0 Å². The first-order valence-corrected chi connectivity index (χ1v) is 7.18. The number of carbonyl (C=O) groups excluding carboxylic acids is 1. The van der Waals surface area contributed by atoms with Crippen molar-refractivity contribution in [3.63, 3.8) is 0 Å². The molecule has 3 rings (SSSR count). The molecule has 0 saturated heterocycles. The lowest BCUT2D eigenvalue weighted by molar-refractivity contribution is 0.0957. The lowest BCUT2D eigenvalue weighted by Gasteiger charge is -2.04. The first-order chi connectivity index (χ1) is 10.7. The van der Waals surface area contributed by atoms with Crippen LogP contribution in [0.4, 0.5) is 0 Å². The van der Waals surface area contributed by atoms with Crippen LogP contribution in [0, 0.1) is 0 Å². The zero-order valence-corrected chi connectivity index (χ0v) is 12.4. The smallest absolute Gasteiger partial charge is 0.267 e. The van der Waals surface area contributed by atoms with Gasteiger partial charge in [0.1, 0.15) is 0 Å². The molecule has 3 aromatic carbocycles. The fraction of sp³-hybridized carbons (Fsp3) is 0. The SMILES string of the molecule is O=C(N/N=C\c1ccc(Cl)cc1)c1cccc2ccccc12. The number of halogens is 1. The number of rotatable bonds is 3. The van der Waals surface area contributed by atoms with E-state index in [1.165, 1.54) is 0 Å². The lowest BCUT2D eigenvalue weighted by atomic mass is 10.0. The summed E-state index contributed by atoms with van der Waals surface area (Å²) in [4.78, 5) is 12.3. The zero-order valence-electron chi connectivity index (χ0n) is 11.7. The van der Waals surface area contributed by atoms with Gasteiger partial charge in [-0.05, 0) is 34.5 Å². The number of carbonyl (C=O) groups is 1. The van der Waals surface area contributed by atoms with Crippen LogP contribution >= 0.6 is 11.6 Å². The number of nitrogens with one attached hydrogen (secondary N) is 1. The number of benzene rings is 3. The minimum absolute atomic E-state index is 0.234. The molecule has 0 atom stereocenters. The molecule has 4 heteroatoms. The Morgan fingerprint density at radius 1 is 0.955 bits per heavy atom. The van der Waals surface area contributed by atoms with Gasteiger partial charge in [0.2, 0.25) is 0 Å². The van der Waals surface area contributed by atoms with Crippen LogP contribution in [0.1, 0.15) is 15.9 Å². The van der Waals surface area contributed by atoms with Crippen LogP contribution in [-0.4, -0.2) is 12.1 Å². The van der Waals surface area contributed by atoms with E-state index < -0.39 is 0 Å². The van der Waals surface area contributed by atoms with E-state index in [0.717, 1.165) is 16.3 Å². The van der Waals surface area contributed by atoms with Gasteiger partial charge in [-0.2, -0.15) is 5.10 Å². The quantitative estimate of drug-likeness (QED) is 0.570. The fourth-order valence-corrected chi connectivity index (χ4v) is 2.32. The van der Waals surface area contributed by atoms with Crippen molar-refractivity contribution in [3.05, 3.63) is 82.9 Å². The highest BCUT2D eigenvalue weighted by Crippen LogP contribution is 2.18. The fourth-order valence-electron chi connectivity index (χ4n) is 2.20. The molecule has 1 N–H and O–H groups in total. The first kappa shape index (κ1) is 14.3. The van der Waals surface area contributed by atoms with E-state index in [4.69, 9.17) is 11.6 Å². The Bertz CT molecular complexity index is 836. The summed E-state index contributed by atoms with van der Waals surface area (Å²) in [7, 11) is 0.